The molecule has 1 rings (SSSR count). The summed E-state index contributed by atoms with van der Waals surface area (Å²) in [6.45, 7) is 6.94. The smallest absolute Gasteiger partial charge is 0.410 e. The molecule has 1 amide bonds. The predicted molar refractivity (Wildman–Crippen MR) is 65.6 cm³/mol. The molecule has 3 N–H and O–H groups in total. The number of rotatable bonds is 1. The van der Waals surface area contributed by atoms with Gasteiger partial charge in [0.05, 0.1) is 6.10 Å². The monoisotopic (exact) mass is 244 g/mol. The van der Waals surface area contributed by atoms with Crippen LogP contribution in [0.3, 0.4) is 0 Å². The fourth-order valence-corrected chi connectivity index (χ4v) is 1.92. The number of likely N-dealkylation sites (tertiary alicyclic amines) is 1. The van der Waals surface area contributed by atoms with Crippen molar-refractivity contribution in [2.75, 3.05) is 19.6 Å². The van der Waals surface area contributed by atoms with Crippen molar-refractivity contribution in [3.05, 3.63) is 0 Å². The molecule has 0 spiro atoms. The summed E-state index contributed by atoms with van der Waals surface area (Å²) in [6.07, 6.45) is 0.717. The summed E-state index contributed by atoms with van der Waals surface area (Å²) in [5, 5.41) is 9.73. The summed E-state index contributed by atoms with van der Waals surface area (Å²) in [7, 11) is 0. The number of aliphatic hydroxyl groups excluding tert-OH is 1. The van der Waals surface area contributed by atoms with E-state index in [1.807, 2.05) is 20.8 Å². The van der Waals surface area contributed by atoms with Gasteiger partial charge in [0.1, 0.15) is 5.60 Å². The van der Waals surface area contributed by atoms with E-state index >= 15 is 0 Å². The molecule has 0 aromatic carbocycles. The number of aliphatic hydroxyl groups is 1. The third-order valence-electron chi connectivity index (χ3n) is 2.80. The fraction of sp³-hybridized carbons (Fsp3) is 0.917. The van der Waals surface area contributed by atoms with Gasteiger partial charge in [0.2, 0.25) is 0 Å². The maximum Gasteiger partial charge on any atom is 0.410 e. The van der Waals surface area contributed by atoms with Gasteiger partial charge < -0.3 is 20.5 Å². The predicted octanol–water partition coefficient (Wildman–Crippen LogP) is 0.953. The highest BCUT2D eigenvalue weighted by Crippen LogP contribution is 2.18. The molecule has 5 nitrogen and oxygen atoms in total. The molecular weight excluding hydrogens is 220 g/mol. The molecule has 100 valence electrons. The summed E-state index contributed by atoms with van der Waals surface area (Å²) in [6, 6.07) is 0. The van der Waals surface area contributed by atoms with Crippen molar-refractivity contribution >= 4 is 6.09 Å². The molecule has 0 saturated carbocycles. The Morgan fingerprint density at radius 2 is 2.06 bits per heavy atom. The minimum atomic E-state index is -0.507. The van der Waals surface area contributed by atoms with Crippen molar-refractivity contribution in [2.24, 2.45) is 11.7 Å². The van der Waals surface area contributed by atoms with Crippen LogP contribution in [0.4, 0.5) is 4.79 Å². The van der Waals surface area contributed by atoms with Crippen molar-refractivity contribution < 1.29 is 14.6 Å². The van der Waals surface area contributed by atoms with E-state index in [1.54, 1.807) is 4.90 Å². The van der Waals surface area contributed by atoms with Crippen molar-refractivity contribution in [2.45, 2.75) is 45.3 Å². The minimum Gasteiger partial charge on any atom is -0.444 e. The average molecular weight is 244 g/mol. The van der Waals surface area contributed by atoms with Crippen LogP contribution in [-0.2, 0) is 4.74 Å². The number of nitrogens with two attached hydrogens (primary N) is 1. The van der Waals surface area contributed by atoms with Gasteiger partial charge >= 0.3 is 6.09 Å². The normalized spacial score (nSPS) is 26.5. The summed E-state index contributed by atoms with van der Waals surface area (Å²) in [5.41, 5.74) is 5.14. The molecule has 1 aliphatic rings. The van der Waals surface area contributed by atoms with Crippen LogP contribution in [-0.4, -0.2) is 47.4 Å². The second-order valence-corrected chi connectivity index (χ2v) is 5.72. The average Bonchev–Trinajstić information content (AvgIpc) is 2.37. The number of carbonyl (C=O) groups is 1. The topological polar surface area (TPSA) is 75.8 Å². The molecule has 1 saturated heterocycles. The molecule has 1 aliphatic heterocycles. The Hall–Kier alpha value is -0.810. The van der Waals surface area contributed by atoms with E-state index in [-0.39, 0.29) is 12.0 Å². The second kappa shape index (κ2) is 5.69. The molecule has 0 aliphatic carbocycles. The molecular formula is C12H24N2O3. The van der Waals surface area contributed by atoms with Crippen LogP contribution < -0.4 is 5.73 Å². The zero-order valence-corrected chi connectivity index (χ0v) is 11.0. The van der Waals surface area contributed by atoms with Crippen LogP contribution in [0.5, 0.6) is 0 Å². The summed E-state index contributed by atoms with van der Waals surface area (Å²) in [4.78, 5) is 13.5. The maximum absolute atomic E-state index is 11.9. The van der Waals surface area contributed by atoms with Crippen LogP contribution >= 0.6 is 0 Å². The first kappa shape index (κ1) is 14.3. The SMILES string of the molecule is CC(C)(C)OC(=O)N1C[C@H](O)CC[C@H](CN)C1. The van der Waals surface area contributed by atoms with E-state index < -0.39 is 11.7 Å². The number of hydrogen-bond donors (Lipinski definition) is 2. The lowest BCUT2D eigenvalue weighted by Crippen LogP contribution is -2.42. The molecule has 17 heavy (non-hydrogen) atoms. The minimum absolute atomic E-state index is 0.250. The lowest BCUT2D eigenvalue weighted by molar-refractivity contribution is 0.0158. The third-order valence-corrected chi connectivity index (χ3v) is 2.80. The quantitative estimate of drug-likeness (QED) is 0.720. The number of amides is 1. The van der Waals surface area contributed by atoms with Gasteiger partial charge in [0, 0.05) is 13.1 Å². The molecule has 1 heterocycles. The molecule has 5 heteroatoms. The highest BCUT2D eigenvalue weighted by molar-refractivity contribution is 5.68. The van der Waals surface area contributed by atoms with E-state index in [0.29, 0.717) is 26.1 Å². The van der Waals surface area contributed by atoms with Gasteiger partial charge in [-0.2, -0.15) is 0 Å². The Morgan fingerprint density at radius 3 is 2.59 bits per heavy atom. The van der Waals surface area contributed by atoms with Gasteiger partial charge in [-0.15, -0.1) is 0 Å². The molecule has 0 bridgehead atoms. The maximum atomic E-state index is 11.9. The molecule has 0 radical (unpaired) electrons. The molecule has 0 aromatic heterocycles. The van der Waals surface area contributed by atoms with Crippen LogP contribution in [0, 0.1) is 5.92 Å². The zero-order chi connectivity index (χ0) is 13.1. The fourth-order valence-electron chi connectivity index (χ4n) is 1.92. The Bertz CT molecular complexity index is 263. The van der Waals surface area contributed by atoms with Crippen molar-refractivity contribution in [3.8, 4) is 0 Å². The van der Waals surface area contributed by atoms with Gasteiger partial charge in [0.25, 0.3) is 0 Å². The second-order valence-electron chi connectivity index (χ2n) is 5.72. The molecule has 0 aromatic rings. The zero-order valence-electron chi connectivity index (χ0n) is 11.0. The van der Waals surface area contributed by atoms with E-state index in [2.05, 4.69) is 0 Å². The largest absolute Gasteiger partial charge is 0.444 e. The van der Waals surface area contributed by atoms with Crippen LogP contribution in [0.2, 0.25) is 0 Å². The van der Waals surface area contributed by atoms with Gasteiger partial charge in [-0.1, -0.05) is 0 Å². The number of ether oxygens (including phenoxy) is 1. The summed E-state index contributed by atoms with van der Waals surface area (Å²) < 4.78 is 5.31. The summed E-state index contributed by atoms with van der Waals surface area (Å²) >= 11 is 0. The van der Waals surface area contributed by atoms with Gasteiger partial charge in [0.15, 0.2) is 0 Å². The number of nitrogens with zero attached hydrogens (tertiary/aromatic N) is 1. The van der Waals surface area contributed by atoms with Gasteiger partial charge in [-0.3, -0.25) is 0 Å². The van der Waals surface area contributed by atoms with E-state index in [1.165, 1.54) is 0 Å². The van der Waals surface area contributed by atoms with Crippen molar-refractivity contribution in [1.82, 2.24) is 4.90 Å². The lowest BCUT2D eigenvalue weighted by Gasteiger charge is -2.28. The Balaban J connectivity index is 2.63. The van der Waals surface area contributed by atoms with E-state index in [0.717, 1.165) is 6.42 Å². The number of β-amino-alcohol motifs (C(OH)–C–C–N with tert-alkyl or cyclic N) is 1. The van der Waals surface area contributed by atoms with Crippen LogP contribution in [0.25, 0.3) is 0 Å². The first-order chi connectivity index (χ1) is 7.81. The Labute approximate surface area is 103 Å². The third kappa shape index (κ3) is 4.91. The van der Waals surface area contributed by atoms with Gasteiger partial charge in [-0.25, -0.2) is 4.79 Å². The lowest BCUT2D eigenvalue weighted by atomic mass is 10.0. The highest BCUT2D eigenvalue weighted by Gasteiger charge is 2.28. The molecule has 1 fully saturated rings. The first-order valence-electron chi connectivity index (χ1n) is 6.18. The van der Waals surface area contributed by atoms with E-state index in [4.69, 9.17) is 10.5 Å². The van der Waals surface area contributed by atoms with E-state index in [9.17, 15) is 9.90 Å². The first-order valence-corrected chi connectivity index (χ1v) is 6.18. The summed E-state index contributed by atoms with van der Waals surface area (Å²) in [5.74, 6) is 0.250. The highest BCUT2D eigenvalue weighted by atomic mass is 16.6. The van der Waals surface area contributed by atoms with Crippen LogP contribution in [0.1, 0.15) is 33.6 Å². The van der Waals surface area contributed by atoms with Crippen LogP contribution in [0.15, 0.2) is 0 Å². The van der Waals surface area contributed by atoms with Crippen molar-refractivity contribution in [3.63, 3.8) is 0 Å². The van der Waals surface area contributed by atoms with Crippen molar-refractivity contribution in [1.29, 1.82) is 0 Å². The van der Waals surface area contributed by atoms with Gasteiger partial charge in [-0.05, 0) is 46.1 Å². The number of carbonyl (C=O) groups excluding carboxylic acids is 1. The molecule has 0 unspecified atom stereocenters. The Kier molecular flexibility index (Phi) is 4.77. The molecule has 2 atom stereocenters. The Morgan fingerprint density at radius 1 is 1.41 bits per heavy atom. The standard InChI is InChI=1S/C12H24N2O3/c1-12(2,3)17-11(16)14-7-9(6-13)4-5-10(15)8-14/h9-10,15H,4-8,13H2,1-3H3/t9-,10-/m1/s1. The number of hydrogen-bond acceptors (Lipinski definition) is 4.